The van der Waals surface area contributed by atoms with Gasteiger partial charge in [0.1, 0.15) is 11.5 Å². The minimum atomic E-state index is -0.127. The number of rotatable bonds is 7. The first kappa shape index (κ1) is 25.3. The minimum absolute atomic E-state index is 0.127. The topological polar surface area (TPSA) is 42.0 Å². The highest BCUT2D eigenvalue weighted by Crippen LogP contribution is 2.42. The third-order valence-corrected chi connectivity index (χ3v) is 8.08. The van der Waals surface area contributed by atoms with Crippen LogP contribution < -0.4 is 9.47 Å². The summed E-state index contributed by atoms with van der Waals surface area (Å²) < 4.78 is 10.9. The number of piperidine rings is 2. The number of benzene rings is 3. The van der Waals surface area contributed by atoms with Crippen LogP contribution in [0.1, 0.15) is 59.2 Å². The van der Waals surface area contributed by atoms with Gasteiger partial charge in [-0.25, -0.2) is 0 Å². The van der Waals surface area contributed by atoms with E-state index in [-0.39, 0.29) is 11.3 Å². The molecule has 37 heavy (non-hydrogen) atoms. The Hall–Kier alpha value is -3.31. The van der Waals surface area contributed by atoms with E-state index in [1.165, 1.54) is 23.1 Å². The zero-order valence-corrected chi connectivity index (χ0v) is 22.1. The van der Waals surface area contributed by atoms with Crippen molar-refractivity contribution in [2.24, 2.45) is 0 Å². The van der Waals surface area contributed by atoms with Crippen LogP contribution in [0.15, 0.2) is 72.8 Å². The van der Waals surface area contributed by atoms with E-state index in [2.05, 4.69) is 65.6 Å². The molecule has 0 radical (unpaired) electrons. The Bertz CT molecular complexity index is 1140. The Balaban J connectivity index is 1.40. The maximum absolute atomic E-state index is 13.1. The van der Waals surface area contributed by atoms with Crippen LogP contribution in [-0.2, 0) is 12.0 Å². The fraction of sp³-hybridized carbons (Fsp3) is 0.406. The van der Waals surface area contributed by atoms with Crippen LogP contribution in [-0.4, -0.2) is 56.1 Å². The van der Waals surface area contributed by atoms with Gasteiger partial charge in [0.15, 0.2) is 0 Å². The first-order chi connectivity index (χ1) is 18.1. The second-order valence-electron chi connectivity index (χ2n) is 10.4. The highest BCUT2D eigenvalue weighted by atomic mass is 16.5. The molecule has 0 saturated carbocycles. The Kier molecular flexibility index (Phi) is 7.80. The lowest BCUT2D eigenvalue weighted by Gasteiger charge is -2.44. The number of hydrogen-bond donors (Lipinski definition) is 0. The van der Waals surface area contributed by atoms with Crippen molar-refractivity contribution in [2.75, 3.05) is 40.4 Å². The average molecular weight is 499 g/mol. The van der Waals surface area contributed by atoms with Crippen LogP contribution in [0.4, 0.5) is 0 Å². The van der Waals surface area contributed by atoms with Crippen molar-refractivity contribution in [1.29, 1.82) is 0 Å². The molecular formula is C32H38N2O3. The molecule has 2 heterocycles. The summed E-state index contributed by atoms with van der Waals surface area (Å²) in [6, 6.07) is 25.4. The summed E-state index contributed by atoms with van der Waals surface area (Å²) in [6.07, 6.45) is 5.62. The van der Waals surface area contributed by atoms with Crippen molar-refractivity contribution >= 4 is 5.91 Å². The highest BCUT2D eigenvalue weighted by Gasteiger charge is 2.39. The molecule has 5 rings (SSSR count). The van der Waals surface area contributed by atoms with E-state index < -0.39 is 0 Å². The highest BCUT2D eigenvalue weighted by molar-refractivity contribution is 5.94. The van der Waals surface area contributed by atoms with Crippen molar-refractivity contribution in [2.45, 2.75) is 44.1 Å². The standard InChI is InChI=1S/C32H38N2O3/c1-36-29-14-10-27(11-15-29)32(28-12-16-30(37-2)17-13-28)18-7-19-33(24-32)23-25-8-6-9-26(22-25)31(35)34-20-4-3-5-21-34/h6,8-17,22H,3-5,7,18-21,23-24H2,1-2H3. The molecule has 2 saturated heterocycles. The third kappa shape index (κ3) is 5.52. The van der Waals surface area contributed by atoms with E-state index in [4.69, 9.17) is 9.47 Å². The van der Waals surface area contributed by atoms with Crippen LogP contribution in [0, 0.1) is 0 Å². The van der Waals surface area contributed by atoms with Crippen molar-refractivity contribution in [3.8, 4) is 11.5 Å². The summed E-state index contributed by atoms with van der Waals surface area (Å²) in [7, 11) is 3.42. The predicted octanol–water partition coefficient (Wildman–Crippen LogP) is 5.91. The van der Waals surface area contributed by atoms with Gasteiger partial charge < -0.3 is 14.4 Å². The largest absolute Gasteiger partial charge is 0.497 e. The Labute approximate surface area is 221 Å². The van der Waals surface area contributed by atoms with Gasteiger partial charge in [0.2, 0.25) is 0 Å². The number of ether oxygens (including phenoxy) is 2. The van der Waals surface area contributed by atoms with Crippen LogP contribution in [0.5, 0.6) is 11.5 Å². The molecule has 0 atom stereocenters. The molecule has 5 nitrogen and oxygen atoms in total. The molecule has 2 aliphatic heterocycles. The molecule has 0 bridgehead atoms. The molecular weight excluding hydrogens is 460 g/mol. The van der Waals surface area contributed by atoms with Crippen LogP contribution in [0.3, 0.4) is 0 Å². The SMILES string of the molecule is COc1ccc(C2(c3ccc(OC)cc3)CCCN(Cc3cccc(C(=O)N4CCCCC4)c3)C2)cc1. The number of amides is 1. The number of nitrogens with zero attached hydrogens (tertiary/aromatic N) is 2. The van der Waals surface area contributed by atoms with Crippen molar-refractivity contribution < 1.29 is 14.3 Å². The molecule has 0 spiro atoms. The Morgan fingerprint density at radius 3 is 2.00 bits per heavy atom. The molecule has 5 heteroatoms. The second kappa shape index (κ2) is 11.4. The molecule has 0 aromatic heterocycles. The smallest absolute Gasteiger partial charge is 0.253 e. The summed E-state index contributed by atoms with van der Waals surface area (Å²) in [6.45, 7) is 4.53. The van der Waals surface area contributed by atoms with E-state index in [9.17, 15) is 4.79 Å². The fourth-order valence-electron chi connectivity index (χ4n) is 6.08. The maximum atomic E-state index is 13.1. The first-order valence-electron chi connectivity index (χ1n) is 13.5. The number of hydrogen-bond acceptors (Lipinski definition) is 4. The minimum Gasteiger partial charge on any atom is -0.497 e. The molecule has 3 aromatic carbocycles. The van der Waals surface area contributed by atoms with Gasteiger partial charge in [-0.15, -0.1) is 0 Å². The monoisotopic (exact) mass is 498 g/mol. The Morgan fingerprint density at radius 2 is 1.41 bits per heavy atom. The molecule has 2 fully saturated rings. The molecule has 0 N–H and O–H groups in total. The van der Waals surface area contributed by atoms with Crippen molar-refractivity contribution in [1.82, 2.24) is 9.80 Å². The summed E-state index contributed by atoms with van der Waals surface area (Å²) in [5, 5.41) is 0. The average Bonchev–Trinajstić information content (AvgIpc) is 2.97. The first-order valence-corrected chi connectivity index (χ1v) is 13.5. The van der Waals surface area contributed by atoms with E-state index in [0.29, 0.717) is 0 Å². The lowest BCUT2D eigenvalue weighted by molar-refractivity contribution is 0.0724. The zero-order chi connectivity index (χ0) is 25.7. The molecule has 1 amide bonds. The summed E-state index contributed by atoms with van der Waals surface area (Å²) in [4.78, 5) is 17.7. The summed E-state index contributed by atoms with van der Waals surface area (Å²) in [5.41, 5.74) is 4.49. The van der Waals surface area contributed by atoms with E-state index in [0.717, 1.165) is 75.5 Å². The molecule has 0 aliphatic carbocycles. The third-order valence-electron chi connectivity index (χ3n) is 8.08. The second-order valence-corrected chi connectivity index (χ2v) is 10.4. The lowest BCUT2D eigenvalue weighted by atomic mass is 9.69. The van der Waals surface area contributed by atoms with Gasteiger partial charge in [0.05, 0.1) is 14.2 Å². The quantitative estimate of drug-likeness (QED) is 0.406. The van der Waals surface area contributed by atoms with Crippen LogP contribution >= 0.6 is 0 Å². The van der Waals surface area contributed by atoms with Gasteiger partial charge >= 0.3 is 0 Å². The number of likely N-dealkylation sites (tertiary alicyclic amines) is 2. The number of methoxy groups -OCH3 is 2. The predicted molar refractivity (Wildman–Crippen MR) is 147 cm³/mol. The maximum Gasteiger partial charge on any atom is 0.253 e. The summed E-state index contributed by atoms with van der Waals surface area (Å²) >= 11 is 0. The molecule has 2 aliphatic rings. The van der Waals surface area contributed by atoms with Gasteiger partial charge in [0, 0.05) is 37.2 Å². The van der Waals surface area contributed by atoms with Crippen LogP contribution in [0.2, 0.25) is 0 Å². The van der Waals surface area contributed by atoms with E-state index >= 15 is 0 Å². The van der Waals surface area contributed by atoms with Crippen molar-refractivity contribution in [3.05, 3.63) is 95.1 Å². The van der Waals surface area contributed by atoms with Gasteiger partial charge in [-0.2, -0.15) is 0 Å². The van der Waals surface area contributed by atoms with Gasteiger partial charge in [-0.3, -0.25) is 9.69 Å². The Morgan fingerprint density at radius 1 is 0.784 bits per heavy atom. The van der Waals surface area contributed by atoms with Gasteiger partial charge in [0.25, 0.3) is 5.91 Å². The van der Waals surface area contributed by atoms with E-state index in [1.54, 1.807) is 14.2 Å². The molecule has 3 aromatic rings. The van der Waals surface area contributed by atoms with Gasteiger partial charge in [-0.1, -0.05) is 36.4 Å². The van der Waals surface area contributed by atoms with Crippen LogP contribution in [0.25, 0.3) is 0 Å². The number of carbonyl (C=O) groups excluding carboxylic acids is 1. The van der Waals surface area contributed by atoms with E-state index in [1.807, 2.05) is 17.0 Å². The normalized spacial score (nSPS) is 17.8. The van der Waals surface area contributed by atoms with Gasteiger partial charge in [-0.05, 0) is 91.7 Å². The number of carbonyl (C=O) groups is 1. The zero-order valence-electron chi connectivity index (χ0n) is 22.1. The fourth-order valence-corrected chi connectivity index (χ4v) is 6.08. The molecule has 0 unspecified atom stereocenters. The summed E-state index contributed by atoms with van der Waals surface area (Å²) in [5.74, 6) is 1.92. The molecule has 194 valence electrons. The lowest BCUT2D eigenvalue weighted by Crippen LogP contribution is -2.46. The van der Waals surface area contributed by atoms with Crippen molar-refractivity contribution in [3.63, 3.8) is 0 Å².